The lowest BCUT2D eigenvalue weighted by Crippen LogP contribution is -2.22. The second kappa shape index (κ2) is 8.63. The summed E-state index contributed by atoms with van der Waals surface area (Å²) in [7, 11) is 1.31. The maximum Gasteiger partial charge on any atom is 0.341 e. The van der Waals surface area contributed by atoms with Crippen LogP contribution in [0.1, 0.15) is 40.6 Å². The summed E-state index contributed by atoms with van der Waals surface area (Å²) in [6, 6.07) is 5.43. The number of ether oxygens (including phenoxy) is 1. The van der Waals surface area contributed by atoms with Crippen molar-refractivity contribution in [3.63, 3.8) is 0 Å². The van der Waals surface area contributed by atoms with Crippen molar-refractivity contribution in [3.8, 4) is 10.7 Å². The predicted octanol–water partition coefficient (Wildman–Crippen LogP) is 3.13. The summed E-state index contributed by atoms with van der Waals surface area (Å²) >= 11 is 1.54. The fourth-order valence-corrected chi connectivity index (χ4v) is 3.13. The molecule has 142 valence electrons. The smallest absolute Gasteiger partial charge is 0.341 e. The number of nitrogens with one attached hydrogen (secondary N) is 1. The van der Waals surface area contributed by atoms with Gasteiger partial charge in [0, 0.05) is 12.8 Å². The summed E-state index contributed by atoms with van der Waals surface area (Å²) in [6.07, 6.45) is 1.43. The van der Waals surface area contributed by atoms with Crippen LogP contribution in [0.4, 0.5) is 0 Å². The van der Waals surface area contributed by atoms with E-state index in [1.807, 2.05) is 17.5 Å². The van der Waals surface area contributed by atoms with E-state index in [1.54, 1.807) is 24.3 Å². The van der Waals surface area contributed by atoms with Crippen molar-refractivity contribution >= 4 is 23.2 Å². The summed E-state index contributed by atoms with van der Waals surface area (Å²) in [4.78, 5) is 28.8. The number of nitrogens with zero attached hydrogens (tertiary/aromatic N) is 2. The van der Waals surface area contributed by atoms with Gasteiger partial charge in [0.15, 0.2) is 0 Å². The maximum atomic E-state index is 12.0. The summed E-state index contributed by atoms with van der Waals surface area (Å²) < 4.78 is 15.3. The van der Waals surface area contributed by atoms with Crippen LogP contribution in [0.2, 0.25) is 0 Å². The fraction of sp³-hybridized carbons (Fsp3) is 0.333. The zero-order valence-electron chi connectivity index (χ0n) is 15.0. The Hall–Kier alpha value is -2.94. The van der Waals surface area contributed by atoms with Gasteiger partial charge in [-0.3, -0.25) is 4.79 Å². The van der Waals surface area contributed by atoms with Gasteiger partial charge < -0.3 is 19.0 Å². The Balaban J connectivity index is 1.42. The van der Waals surface area contributed by atoms with E-state index in [0.29, 0.717) is 48.1 Å². The Morgan fingerprint density at radius 2 is 2.22 bits per heavy atom. The molecule has 0 fully saturated rings. The second-order valence-electron chi connectivity index (χ2n) is 5.79. The van der Waals surface area contributed by atoms with Crippen LogP contribution in [-0.2, 0) is 22.5 Å². The van der Waals surface area contributed by atoms with Crippen LogP contribution < -0.4 is 5.32 Å². The van der Waals surface area contributed by atoms with E-state index >= 15 is 0 Å². The highest BCUT2D eigenvalue weighted by molar-refractivity contribution is 7.13. The molecule has 0 aromatic carbocycles. The molecule has 0 aliphatic heterocycles. The van der Waals surface area contributed by atoms with E-state index < -0.39 is 5.97 Å². The van der Waals surface area contributed by atoms with Gasteiger partial charge in [-0.1, -0.05) is 11.2 Å². The molecule has 3 aromatic heterocycles. The quantitative estimate of drug-likeness (QED) is 0.590. The van der Waals surface area contributed by atoms with Gasteiger partial charge >= 0.3 is 5.97 Å². The summed E-state index contributed by atoms with van der Waals surface area (Å²) in [5.41, 5.74) is 0.361. The van der Waals surface area contributed by atoms with Gasteiger partial charge in [-0.15, -0.1) is 11.3 Å². The SMILES string of the molecule is COC(=O)c1cc(CNC(=O)CCCc2nc(-c3cccs3)no2)oc1C. The van der Waals surface area contributed by atoms with Gasteiger partial charge in [0.1, 0.15) is 17.1 Å². The third kappa shape index (κ3) is 4.82. The Kier molecular flexibility index (Phi) is 6.02. The van der Waals surface area contributed by atoms with Crippen molar-refractivity contribution < 1.29 is 23.3 Å². The minimum Gasteiger partial charge on any atom is -0.465 e. The van der Waals surface area contributed by atoms with Gasteiger partial charge in [0.2, 0.25) is 17.6 Å². The first-order chi connectivity index (χ1) is 13.1. The monoisotopic (exact) mass is 389 g/mol. The lowest BCUT2D eigenvalue weighted by molar-refractivity contribution is -0.121. The Morgan fingerprint density at radius 3 is 2.96 bits per heavy atom. The summed E-state index contributed by atoms with van der Waals surface area (Å²) in [5, 5.41) is 8.65. The van der Waals surface area contributed by atoms with E-state index in [-0.39, 0.29) is 12.5 Å². The highest BCUT2D eigenvalue weighted by Crippen LogP contribution is 2.21. The molecule has 9 heteroatoms. The Morgan fingerprint density at radius 1 is 1.37 bits per heavy atom. The first-order valence-electron chi connectivity index (χ1n) is 8.37. The average Bonchev–Trinajstić information content (AvgIpc) is 3.40. The van der Waals surface area contributed by atoms with E-state index in [9.17, 15) is 9.59 Å². The molecule has 3 rings (SSSR count). The maximum absolute atomic E-state index is 12.0. The van der Waals surface area contributed by atoms with Crippen LogP contribution in [0.3, 0.4) is 0 Å². The molecule has 1 amide bonds. The Labute approximate surface area is 159 Å². The normalized spacial score (nSPS) is 10.7. The number of amides is 1. The van der Waals surface area contributed by atoms with Crippen LogP contribution in [0.5, 0.6) is 0 Å². The molecule has 0 saturated carbocycles. The van der Waals surface area contributed by atoms with E-state index in [4.69, 9.17) is 8.94 Å². The molecule has 27 heavy (non-hydrogen) atoms. The summed E-state index contributed by atoms with van der Waals surface area (Å²) in [5.74, 6) is 1.45. The number of aryl methyl sites for hydroxylation is 2. The molecule has 0 bridgehead atoms. The first-order valence-corrected chi connectivity index (χ1v) is 9.25. The molecule has 8 nitrogen and oxygen atoms in total. The number of carbonyl (C=O) groups is 2. The van der Waals surface area contributed by atoms with Crippen molar-refractivity contribution in [2.24, 2.45) is 0 Å². The zero-order valence-corrected chi connectivity index (χ0v) is 15.8. The summed E-state index contributed by atoms with van der Waals surface area (Å²) in [6.45, 7) is 1.88. The van der Waals surface area contributed by atoms with Crippen LogP contribution >= 0.6 is 11.3 Å². The molecular weight excluding hydrogens is 370 g/mol. The average molecular weight is 389 g/mol. The zero-order chi connectivity index (χ0) is 19.2. The molecule has 1 N–H and O–H groups in total. The number of hydrogen-bond donors (Lipinski definition) is 1. The number of furan rings is 1. The molecule has 0 radical (unpaired) electrons. The number of rotatable bonds is 8. The highest BCUT2D eigenvalue weighted by atomic mass is 32.1. The molecule has 3 aromatic rings. The largest absolute Gasteiger partial charge is 0.465 e. The third-order valence-electron chi connectivity index (χ3n) is 3.84. The van der Waals surface area contributed by atoms with Gasteiger partial charge in [-0.05, 0) is 30.9 Å². The molecule has 0 unspecified atom stereocenters. The number of carbonyl (C=O) groups excluding carboxylic acids is 2. The molecule has 0 atom stereocenters. The van der Waals surface area contributed by atoms with E-state index in [1.165, 1.54) is 7.11 Å². The minimum atomic E-state index is -0.463. The lowest BCUT2D eigenvalue weighted by Gasteiger charge is -2.02. The van der Waals surface area contributed by atoms with Crippen LogP contribution in [0.25, 0.3) is 10.7 Å². The number of aromatic nitrogens is 2. The number of thiophene rings is 1. The standard InChI is InChI=1S/C18H19N3O5S/c1-11-13(18(23)24-2)9-12(25-11)10-19-15(22)6-3-7-16-20-17(21-26-16)14-5-4-8-27-14/h4-5,8-9H,3,6-7,10H2,1-2H3,(H,19,22). The number of methoxy groups -OCH3 is 1. The van der Waals surface area contributed by atoms with Crippen molar-refractivity contribution in [2.75, 3.05) is 7.11 Å². The molecule has 3 heterocycles. The van der Waals surface area contributed by atoms with Gasteiger partial charge in [-0.2, -0.15) is 4.98 Å². The van der Waals surface area contributed by atoms with E-state index in [0.717, 1.165) is 4.88 Å². The predicted molar refractivity (Wildman–Crippen MR) is 97.2 cm³/mol. The molecule has 0 spiro atoms. The topological polar surface area (TPSA) is 107 Å². The van der Waals surface area contributed by atoms with Crippen molar-refractivity contribution in [1.29, 1.82) is 0 Å². The molecule has 0 aliphatic carbocycles. The van der Waals surface area contributed by atoms with Crippen molar-refractivity contribution in [1.82, 2.24) is 15.5 Å². The molecule has 0 saturated heterocycles. The van der Waals surface area contributed by atoms with Crippen molar-refractivity contribution in [3.05, 3.63) is 46.6 Å². The van der Waals surface area contributed by atoms with Crippen LogP contribution in [0, 0.1) is 6.92 Å². The van der Waals surface area contributed by atoms with Crippen LogP contribution in [-0.4, -0.2) is 29.1 Å². The second-order valence-corrected chi connectivity index (χ2v) is 6.74. The minimum absolute atomic E-state index is 0.123. The Bertz CT molecular complexity index is 913. The van der Waals surface area contributed by atoms with Gasteiger partial charge in [-0.25, -0.2) is 4.79 Å². The number of esters is 1. The van der Waals surface area contributed by atoms with Gasteiger partial charge in [0.05, 0.1) is 18.5 Å². The van der Waals surface area contributed by atoms with Crippen LogP contribution in [0.15, 0.2) is 32.5 Å². The first kappa shape index (κ1) is 18.8. The van der Waals surface area contributed by atoms with Crippen molar-refractivity contribution in [2.45, 2.75) is 32.7 Å². The lowest BCUT2D eigenvalue weighted by atomic mass is 10.2. The third-order valence-corrected chi connectivity index (χ3v) is 4.70. The van der Waals surface area contributed by atoms with Gasteiger partial charge in [0.25, 0.3) is 0 Å². The van der Waals surface area contributed by atoms with E-state index in [2.05, 4.69) is 20.2 Å². The number of hydrogen-bond acceptors (Lipinski definition) is 8. The molecule has 0 aliphatic rings. The highest BCUT2D eigenvalue weighted by Gasteiger charge is 2.16. The fourth-order valence-electron chi connectivity index (χ4n) is 2.48. The molecular formula is C18H19N3O5S.